The van der Waals surface area contributed by atoms with Gasteiger partial charge in [0, 0.05) is 18.0 Å². The van der Waals surface area contributed by atoms with Gasteiger partial charge in [-0.1, -0.05) is 24.3 Å². The second kappa shape index (κ2) is 8.93. The zero-order chi connectivity index (χ0) is 22.8. The van der Waals surface area contributed by atoms with Gasteiger partial charge in [-0.3, -0.25) is 4.79 Å². The Balaban J connectivity index is 1.49. The highest BCUT2D eigenvalue weighted by atomic mass is 32.2. The van der Waals surface area contributed by atoms with E-state index in [1.54, 1.807) is 42.0 Å². The maximum atomic E-state index is 13.5. The lowest BCUT2D eigenvalue weighted by atomic mass is 10.1. The van der Waals surface area contributed by atoms with Crippen LogP contribution >= 0.6 is 22.7 Å². The van der Waals surface area contributed by atoms with E-state index in [0.29, 0.717) is 12.2 Å². The Labute approximate surface area is 198 Å². The number of thiophene rings is 1. The zero-order valence-electron chi connectivity index (χ0n) is 17.1. The van der Waals surface area contributed by atoms with E-state index in [2.05, 4.69) is 10.1 Å². The van der Waals surface area contributed by atoms with Crippen molar-refractivity contribution in [2.75, 3.05) is 10.8 Å². The highest BCUT2D eigenvalue weighted by Crippen LogP contribution is 2.35. The molecular formula is C22H18N4O4S3. The maximum Gasteiger partial charge on any atom is 0.266 e. The molecular weight excluding hydrogens is 480 g/mol. The lowest BCUT2D eigenvalue weighted by molar-refractivity contribution is -0.131. The van der Waals surface area contributed by atoms with Gasteiger partial charge in [-0.15, -0.1) is 22.7 Å². The van der Waals surface area contributed by atoms with E-state index in [1.807, 2.05) is 17.5 Å². The van der Waals surface area contributed by atoms with Gasteiger partial charge in [0.25, 0.3) is 15.9 Å². The van der Waals surface area contributed by atoms with Gasteiger partial charge in [0.2, 0.25) is 0 Å². The third kappa shape index (κ3) is 4.22. The predicted molar refractivity (Wildman–Crippen MR) is 127 cm³/mol. The fourth-order valence-corrected chi connectivity index (χ4v) is 6.52. The number of carbonyl (C=O) groups is 1. The molecule has 1 amide bonds. The summed E-state index contributed by atoms with van der Waals surface area (Å²) in [4.78, 5) is 18.7. The SMILES string of the molecule is O=C(CN(c1nccs1)S(=O)(=O)c1ccccc1)N1N=C(c2cccs2)CC1c1ccco1. The van der Waals surface area contributed by atoms with E-state index in [0.717, 1.165) is 26.2 Å². The highest BCUT2D eigenvalue weighted by molar-refractivity contribution is 7.93. The summed E-state index contributed by atoms with van der Waals surface area (Å²) < 4.78 is 33.4. The van der Waals surface area contributed by atoms with E-state index < -0.39 is 28.5 Å². The van der Waals surface area contributed by atoms with Crippen LogP contribution in [0.1, 0.15) is 23.1 Å². The fraction of sp³-hybridized carbons (Fsp3) is 0.136. The molecule has 1 aromatic carbocycles. The number of hydrogen-bond acceptors (Lipinski definition) is 8. The van der Waals surface area contributed by atoms with Crippen LogP contribution in [0.25, 0.3) is 0 Å². The summed E-state index contributed by atoms with van der Waals surface area (Å²) in [5.74, 6) is 0.114. The molecule has 1 unspecified atom stereocenters. The van der Waals surface area contributed by atoms with Crippen molar-refractivity contribution < 1.29 is 17.6 Å². The standard InChI is InChI=1S/C22H18N4O4S3/c27-21(15-25(22-23-10-13-32-22)33(28,29)16-6-2-1-3-7-16)26-18(19-8-4-11-30-19)14-17(24-26)20-9-5-12-31-20/h1-13,18H,14-15H2. The first kappa shape index (κ1) is 21.6. The Morgan fingerprint density at radius 1 is 1.09 bits per heavy atom. The van der Waals surface area contributed by atoms with Gasteiger partial charge < -0.3 is 4.42 Å². The molecule has 0 radical (unpaired) electrons. The van der Waals surface area contributed by atoms with Gasteiger partial charge in [0.1, 0.15) is 18.3 Å². The van der Waals surface area contributed by atoms with Crippen molar-refractivity contribution >= 4 is 49.4 Å². The molecule has 0 spiro atoms. The summed E-state index contributed by atoms with van der Waals surface area (Å²) in [7, 11) is -4.01. The van der Waals surface area contributed by atoms with E-state index >= 15 is 0 Å². The molecule has 0 N–H and O–H groups in total. The predicted octanol–water partition coefficient (Wildman–Crippen LogP) is 4.37. The molecule has 1 aliphatic heterocycles. The van der Waals surface area contributed by atoms with Crippen LogP contribution in [0.4, 0.5) is 5.13 Å². The van der Waals surface area contributed by atoms with E-state index in [-0.39, 0.29) is 10.0 Å². The molecule has 0 saturated heterocycles. The fourth-order valence-electron chi connectivity index (χ4n) is 3.54. The number of hydrazone groups is 1. The topological polar surface area (TPSA) is 96.1 Å². The molecule has 5 rings (SSSR count). The quantitative estimate of drug-likeness (QED) is 0.377. The number of anilines is 1. The third-order valence-electron chi connectivity index (χ3n) is 5.09. The highest BCUT2D eigenvalue weighted by Gasteiger charge is 2.38. The van der Waals surface area contributed by atoms with Crippen molar-refractivity contribution in [3.8, 4) is 0 Å². The largest absolute Gasteiger partial charge is 0.467 e. The first-order valence-electron chi connectivity index (χ1n) is 9.98. The average molecular weight is 499 g/mol. The smallest absolute Gasteiger partial charge is 0.266 e. The number of rotatable bonds is 7. The van der Waals surface area contributed by atoms with Crippen molar-refractivity contribution in [3.05, 3.63) is 88.5 Å². The van der Waals surface area contributed by atoms with E-state index in [9.17, 15) is 13.2 Å². The Hall–Kier alpha value is -3.28. The summed E-state index contributed by atoms with van der Waals surface area (Å²) in [6.45, 7) is -0.441. The number of carbonyl (C=O) groups excluding carboxylic acids is 1. The van der Waals surface area contributed by atoms with Crippen LogP contribution in [-0.4, -0.2) is 36.6 Å². The molecule has 0 bridgehead atoms. The molecule has 1 aliphatic rings. The van der Waals surface area contributed by atoms with Gasteiger partial charge in [0.05, 0.1) is 21.7 Å². The molecule has 168 valence electrons. The van der Waals surface area contributed by atoms with Crippen molar-refractivity contribution in [3.63, 3.8) is 0 Å². The van der Waals surface area contributed by atoms with Gasteiger partial charge in [-0.05, 0) is 35.7 Å². The van der Waals surface area contributed by atoms with Gasteiger partial charge in [-0.25, -0.2) is 22.7 Å². The lowest BCUT2D eigenvalue weighted by Gasteiger charge is -2.25. The van der Waals surface area contributed by atoms with Crippen LogP contribution in [0.15, 0.2) is 92.2 Å². The summed E-state index contributed by atoms with van der Waals surface area (Å²) in [6.07, 6.45) is 3.53. The monoisotopic (exact) mass is 498 g/mol. The van der Waals surface area contributed by atoms with Crippen LogP contribution in [0.5, 0.6) is 0 Å². The summed E-state index contributed by atoms with van der Waals surface area (Å²) in [5.41, 5.74) is 0.756. The minimum absolute atomic E-state index is 0.0831. The van der Waals surface area contributed by atoms with Crippen molar-refractivity contribution in [1.82, 2.24) is 9.99 Å². The minimum atomic E-state index is -4.01. The van der Waals surface area contributed by atoms with Crippen LogP contribution in [0, 0.1) is 0 Å². The second-order valence-corrected chi connectivity index (χ2v) is 10.8. The van der Waals surface area contributed by atoms with Crippen molar-refractivity contribution in [1.29, 1.82) is 0 Å². The van der Waals surface area contributed by atoms with Crippen LogP contribution < -0.4 is 4.31 Å². The van der Waals surface area contributed by atoms with E-state index in [1.165, 1.54) is 34.7 Å². The van der Waals surface area contributed by atoms with Crippen LogP contribution in [0.3, 0.4) is 0 Å². The Morgan fingerprint density at radius 2 is 1.94 bits per heavy atom. The molecule has 4 aromatic rings. The third-order valence-corrected chi connectivity index (χ3v) is 8.66. The number of furan rings is 1. The number of thiazole rings is 1. The molecule has 11 heteroatoms. The molecule has 0 saturated carbocycles. The molecule has 4 heterocycles. The number of amides is 1. The lowest BCUT2D eigenvalue weighted by Crippen LogP contribution is -2.41. The number of hydrogen-bond donors (Lipinski definition) is 0. The molecule has 8 nitrogen and oxygen atoms in total. The van der Waals surface area contributed by atoms with Crippen LogP contribution in [0.2, 0.25) is 0 Å². The number of nitrogens with zero attached hydrogens (tertiary/aromatic N) is 4. The molecule has 0 aliphatic carbocycles. The Morgan fingerprint density at radius 3 is 2.61 bits per heavy atom. The van der Waals surface area contributed by atoms with Gasteiger partial charge >= 0.3 is 0 Å². The zero-order valence-corrected chi connectivity index (χ0v) is 19.6. The van der Waals surface area contributed by atoms with Crippen molar-refractivity contribution in [2.45, 2.75) is 17.4 Å². The van der Waals surface area contributed by atoms with Crippen molar-refractivity contribution in [2.24, 2.45) is 5.10 Å². The molecule has 0 fully saturated rings. The number of aromatic nitrogens is 1. The number of benzene rings is 1. The van der Waals surface area contributed by atoms with Gasteiger partial charge in [0.15, 0.2) is 5.13 Å². The first-order valence-corrected chi connectivity index (χ1v) is 13.2. The minimum Gasteiger partial charge on any atom is -0.467 e. The summed E-state index contributed by atoms with van der Waals surface area (Å²) >= 11 is 2.68. The summed E-state index contributed by atoms with van der Waals surface area (Å²) in [5, 5.41) is 9.72. The molecule has 33 heavy (non-hydrogen) atoms. The molecule has 3 aromatic heterocycles. The van der Waals surface area contributed by atoms with Gasteiger partial charge in [-0.2, -0.15) is 5.10 Å². The number of sulfonamides is 1. The summed E-state index contributed by atoms with van der Waals surface area (Å²) in [6, 6.07) is 15.0. The average Bonchev–Trinajstić information content (AvgIpc) is 3.64. The Bertz CT molecular complexity index is 1350. The first-order chi connectivity index (χ1) is 16.0. The molecule has 1 atom stereocenters. The normalized spacial score (nSPS) is 16.1. The van der Waals surface area contributed by atoms with E-state index in [4.69, 9.17) is 4.42 Å². The maximum absolute atomic E-state index is 13.5. The Kier molecular flexibility index (Phi) is 5.83. The van der Waals surface area contributed by atoms with Crippen LogP contribution in [-0.2, 0) is 14.8 Å². The second-order valence-electron chi connectivity index (χ2n) is 7.14.